The van der Waals surface area contributed by atoms with Gasteiger partial charge < -0.3 is 5.11 Å². The summed E-state index contributed by atoms with van der Waals surface area (Å²) in [5.74, 6) is 2.26. The van der Waals surface area contributed by atoms with Crippen LogP contribution in [0.25, 0.3) is 0 Å². The average molecular weight is 212 g/mol. The third-order valence-electron chi connectivity index (χ3n) is 2.31. The van der Waals surface area contributed by atoms with Gasteiger partial charge in [0.15, 0.2) is 0 Å². The van der Waals surface area contributed by atoms with E-state index in [0.29, 0.717) is 12.1 Å². The Morgan fingerprint density at radius 3 is 2.81 bits per heavy atom. The quantitative estimate of drug-likeness (QED) is 0.785. The van der Waals surface area contributed by atoms with Crippen LogP contribution in [-0.2, 0) is 6.54 Å². The van der Waals surface area contributed by atoms with Crippen molar-refractivity contribution in [3.05, 3.63) is 53.9 Å². The van der Waals surface area contributed by atoms with Crippen LogP contribution in [0.3, 0.4) is 0 Å². The molecule has 0 amide bonds. The van der Waals surface area contributed by atoms with Crippen LogP contribution in [0.15, 0.2) is 42.7 Å². The number of aromatic nitrogens is 2. The van der Waals surface area contributed by atoms with E-state index in [1.54, 1.807) is 17.1 Å². The van der Waals surface area contributed by atoms with E-state index in [1.807, 2.05) is 30.3 Å². The summed E-state index contributed by atoms with van der Waals surface area (Å²) in [6.45, 7) is 0.679. The summed E-state index contributed by atoms with van der Waals surface area (Å²) in [4.78, 5) is 0. The molecule has 1 aromatic heterocycles. The summed E-state index contributed by atoms with van der Waals surface area (Å²) in [7, 11) is 0. The molecular formula is C13H12N2O. The summed E-state index contributed by atoms with van der Waals surface area (Å²) < 4.78 is 1.76. The molecule has 0 aliphatic heterocycles. The Kier molecular flexibility index (Phi) is 3.04. The van der Waals surface area contributed by atoms with Crippen molar-refractivity contribution >= 4 is 0 Å². The first-order valence-electron chi connectivity index (χ1n) is 5.00. The molecule has 2 rings (SSSR count). The van der Waals surface area contributed by atoms with E-state index < -0.39 is 6.10 Å². The summed E-state index contributed by atoms with van der Waals surface area (Å²) in [6, 6.07) is 9.99. The fourth-order valence-electron chi connectivity index (χ4n) is 1.47. The lowest BCUT2D eigenvalue weighted by molar-refractivity contribution is 0.238. The van der Waals surface area contributed by atoms with Crippen molar-refractivity contribution in [3.8, 4) is 12.3 Å². The second-order valence-corrected chi connectivity index (χ2v) is 3.53. The second-order valence-electron chi connectivity index (χ2n) is 3.53. The number of benzene rings is 1. The second kappa shape index (κ2) is 4.65. The Morgan fingerprint density at radius 2 is 2.12 bits per heavy atom. The highest BCUT2D eigenvalue weighted by atomic mass is 16.3. The molecule has 1 atom stereocenters. The van der Waals surface area contributed by atoms with Gasteiger partial charge in [-0.2, -0.15) is 5.10 Å². The molecule has 1 N–H and O–H groups in total. The van der Waals surface area contributed by atoms with Gasteiger partial charge in [-0.25, -0.2) is 0 Å². The Balaban J connectivity index is 2.12. The first-order chi connectivity index (χ1) is 7.79. The molecule has 0 bridgehead atoms. The van der Waals surface area contributed by atoms with Crippen LogP contribution in [0.1, 0.15) is 17.2 Å². The van der Waals surface area contributed by atoms with E-state index in [4.69, 9.17) is 6.42 Å². The molecule has 1 unspecified atom stereocenters. The molecule has 0 radical (unpaired) electrons. The number of hydrogen-bond donors (Lipinski definition) is 1. The summed E-state index contributed by atoms with van der Waals surface area (Å²) >= 11 is 0. The number of hydrogen-bond acceptors (Lipinski definition) is 2. The van der Waals surface area contributed by atoms with E-state index >= 15 is 0 Å². The minimum absolute atomic E-state index is 0.651. The van der Waals surface area contributed by atoms with Crippen LogP contribution in [0.4, 0.5) is 0 Å². The van der Waals surface area contributed by atoms with Crippen LogP contribution in [0.5, 0.6) is 0 Å². The van der Waals surface area contributed by atoms with Gasteiger partial charge in [0.2, 0.25) is 0 Å². The highest BCUT2D eigenvalue weighted by Crippen LogP contribution is 2.11. The van der Waals surface area contributed by atoms with Crippen molar-refractivity contribution in [2.24, 2.45) is 0 Å². The zero-order chi connectivity index (χ0) is 11.4. The third kappa shape index (κ3) is 2.30. The Labute approximate surface area is 94.3 Å². The molecule has 2 aromatic rings. The van der Waals surface area contributed by atoms with Gasteiger partial charge in [-0.15, -0.1) is 6.42 Å². The standard InChI is InChI=1S/C13H12N2O/c1-2-13(16)12-8-14-15(10-12)9-11-6-4-3-5-7-11/h1,3-8,10,13,16H,9H2. The first-order valence-corrected chi connectivity index (χ1v) is 5.00. The molecule has 1 heterocycles. The Morgan fingerprint density at radius 1 is 1.38 bits per heavy atom. The molecule has 0 saturated heterocycles. The van der Waals surface area contributed by atoms with Crippen LogP contribution in [0.2, 0.25) is 0 Å². The number of terminal acetylenes is 1. The Bertz CT molecular complexity index is 496. The highest BCUT2D eigenvalue weighted by molar-refractivity contribution is 5.19. The number of nitrogens with zero attached hydrogens (tertiary/aromatic N) is 2. The van der Waals surface area contributed by atoms with Crippen molar-refractivity contribution in [1.29, 1.82) is 0 Å². The summed E-state index contributed by atoms with van der Waals surface area (Å²) in [5.41, 5.74) is 1.81. The lowest BCUT2D eigenvalue weighted by Gasteiger charge is -2.01. The molecule has 3 heteroatoms. The molecule has 0 fully saturated rings. The van der Waals surface area contributed by atoms with Gasteiger partial charge in [0.05, 0.1) is 12.7 Å². The van der Waals surface area contributed by atoms with E-state index in [0.717, 1.165) is 5.56 Å². The van der Waals surface area contributed by atoms with Crippen LogP contribution < -0.4 is 0 Å². The average Bonchev–Trinajstić information content (AvgIpc) is 2.78. The van der Waals surface area contributed by atoms with Crippen molar-refractivity contribution in [3.63, 3.8) is 0 Å². The maximum absolute atomic E-state index is 9.42. The van der Waals surface area contributed by atoms with Gasteiger partial charge in [0.25, 0.3) is 0 Å². The topological polar surface area (TPSA) is 38.1 Å². The van der Waals surface area contributed by atoms with Crippen LogP contribution >= 0.6 is 0 Å². The first kappa shape index (κ1) is 10.5. The van der Waals surface area contributed by atoms with Crippen molar-refractivity contribution in [2.75, 3.05) is 0 Å². The molecule has 0 aliphatic rings. The molecule has 0 aliphatic carbocycles. The van der Waals surface area contributed by atoms with E-state index in [1.165, 1.54) is 0 Å². The van der Waals surface area contributed by atoms with Crippen molar-refractivity contribution in [2.45, 2.75) is 12.6 Å². The minimum Gasteiger partial charge on any atom is -0.376 e. The molecule has 3 nitrogen and oxygen atoms in total. The fraction of sp³-hybridized carbons (Fsp3) is 0.154. The molecule has 80 valence electrons. The van der Waals surface area contributed by atoms with E-state index in [2.05, 4.69) is 11.0 Å². The van der Waals surface area contributed by atoms with E-state index in [-0.39, 0.29) is 0 Å². The minimum atomic E-state index is -0.871. The number of aliphatic hydroxyl groups is 1. The lowest BCUT2D eigenvalue weighted by atomic mass is 10.2. The molecular weight excluding hydrogens is 200 g/mol. The summed E-state index contributed by atoms with van der Waals surface area (Å²) in [5, 5.41) is 13.6. The predicted octanol–water partition coefficient (Wildman–Crippen LogP) is 1.60. The monoisotopic (exact) mass is 212 g/mol. The SMILES string of the molecule is C#CC(O)c1cnn(Cc2ccccc2)c1. The fourth-order valence-corrected chi connectivity index (χ4v) is 1.47. The van der Waals surface area contributed by atoms with Gasteiger partial charge in [-0.1, -0.05) is 36.3 Å². The van der Waals surface area contributed by atoms with Gasteiger partial charge in [-0.3, -0.25) is 4.68 Å². The lowest BCUT2D eigenvalue weighted by Crippen LogP contribution is -1.99. The van der Waals surface area contributed by atoms with Crippen molar-refractivity contribution in [1.82, 2.24) is 9.78 Å². The molecule has 0 saturated carbocycles. The predicted molar refractivity (Wildman–Crippen MR) is 61.6 cm³/mol. The zero-order valence-corrected chi connectivity index (χ0v) is 8.74. The third-order valence-corrected chi connectivity index (χ3v) is 2.31. The highest BCUT2D eigenvalue weighted by Gasteiger charge is 2.06. The summed E-state index contributed by atoms with van der Waals surface area (Å²) in [6.07, 6.45) is 7.61. The van der Waals surface area contributed by atoms with Gasteiger partial charge in [0.1, 0.15) is 6.10 Å². The van der Waals surface area contributed by atoms with Crippen LogP contribution in [-0.4, -0.2) is 14.9 Å². The van der Waals surface area contributed by atoms with Crippen molar-refractivity contribution < 1.29 is 5.11 Å². The van der Waals surface area contributed by atoms with Crippen LogP contribution in [0, 0.1) is 12.3 Å². The smallest absolute Gasteiger partial charge is 0.143 e. The maximum atomic E-state index is 9.42. The van der Waals surface area contributed by atoms with Gasteiger partial charge in [-0.05, 0) is 5.56 Å². The molecule has 16 heavy (non-hydrogen) atoms. The number of rotatable bonds is 3. The Hall–Kier alpha value is -2.05. The normalized spacial score (nSPS) is 12.0. The van der Waals surface area contributed by atoms with Gasteiger partial charge in [0, 0.05) is 11.8 Å². The van der Waals surface area contributed by atoms with E-state index in [9.17, 15) is 5.11 Å². The molecule has 1 aromatic carbocycles. The molecule has 0 spiro atoms. The zero-order valence-electron chi connectivity index (χ0n) is 8.74. The number of aliphatic hydroxyl groups excluding tert-OH is 1. The van der Waals surface area contributed by atoms with Gasteiger partial charge >= 0.3 is 0 Å². The maximum Gasteiger partial charge on any atom is 0.143 e. The largest absolute Gasteiger partial charge is 0.376 e.